The van der Waals surface area contributed by atoms with Crippen LogP contribution in [0.4, 0.5) is 0 Å². The second kappa shape index (κ2) is 7.48. The minimum absolute atomic E-state index is 0.519. The van der Waals surface area contributed by atoms with Crippen molar-refractivity contribution in [2.24, 2.45) is 4.99 Å². The van der Waals surface area contributed by atoms with Crippen LogP contribution in [0, 0.1) is 0 Å². The van der Waals surface area contributed by atoms with E-state index in [-0.39, 0.29) is 0 Å². The van der Waals surface area contributed by atoms with Gasteiger partial charge in [0.05, 0.1) is 6.10 Å². The molecule has 0 aromatic rings. The summed E-state index contributed by atoms with van der Waals surface area (Å²) in [6.07, 6.45) is 0.519. The quantitative estimate of drug-likeness (QED) is 0.589. The zero-order valence-electron chi connectivity index (χ0n) is 7.26. The molecule has 0 aliphatic carbocycles. The molecule has 3 nitrogen and oxygen atoms in total. The fraction of sp³-hybridized carbons (Fsp3) is 0.750. The van der Waals surface area contributed by atoms with Crippen molar-refractivity contribution in [3.63, 3.8) is 0 Å². The monoisotopic (exact) mass is 156 g/mol. The third-order valence-electron chi connectivity index (χ3n) is 1.30. The van der Waals surface area contributed by atoms with E-state index in [0.29, 0.717) is 6.10 Å². The highest BCUT2D eigenvalue weighted by molar-refractivity contribution is 5.45. The van der Waals surface area contributed by atoms with Crippen LogP contribution in [0.2, 0.25) is 0 Å². The van der Waals surface area contributed by atoms with E-state index in [4.69, 9.17) is 4.74 Å². The lowest BCUT2D eigenvalue weighted by Crippen LogP contribution is -2.48. The van der Waals surface area contributed by atoms with E-state index < -0.39 is 0 Å². The topological polar surface area (TPSA) is 33.6 Å². The van der Waals surface area contributed by atoms with E-state index in [1.807, 2.05) is 6.92 Å². The van der Waals surface area contributed by atoms with E-state index in [1.54, 1.807) is 7.05 Å². The van der Waals surface area contributed by atoms with Gasteiger partial charge in [0.1, 0.15) is 0 Å². The SMILES string of the molecule is C=C=NC.CCOC1CNC1. The van der Waals surface area contributed by atoms with Crippen LogP contribution in [0.1, 0.15) is 6.92 Å². The summed E-state index contributed by atoms with van der Waals surface area (Å²) in [5, 5.41) is 3.12. The lowest BCUT2D eigenvalue weighted by molar-refractivity contribution is 0.0270. The molecule has 0 spiro atoms. The number of hydrogen-bond acceptors (Lipinski definition) is 3. The van der Waals surface area contributed by atoms with Crippen molar-refractivity contribution in [1.29, 1.82) is 0 Å². The predicted octanol–water partition coefficient (Wildman–Crippen LogP) is 0.467. The van der Waals surface area contributed by atoms with Crippen LogP contribution < -0.4 is 5.32 Å². The summed E-state index contributed by atoms with van der Waals surface area (Å²) in [5.74, 6) is 2.31. The summed E-state index contributed by atoms with van der Waals surface area (Å²) in [6, 6.07) is 0. The lowest BCUT2D eigenvalue weighted by Gasteiger charge is -2.26. The van der Waals surface area contributed by atoms with Crippen LogP contribution >= 0.6 is 0 Å². The second-order valence-corrected chi connectivity index (χ2v) is 2.12. The number of ether oxygens (including phenoxy) is 1. The molecule has 0 amide bonds. The number of hydrogen-bond donors (Lipinski definition) is 1. The molecule has 1 aliphatic rings. The van der Waals surface area contributed by atoms with Gasteiger partial charge in [-0.1, -0.05) is 0 Å². The van der Waals surface area contributed by atoms with Gasteiger partial charge in [0, 0.05) is 26.7 Å². The maximum absolute atomic E-state index is 5.22. The normalized spacial score (nSPS) is 15.5. The highest BCUT2D eigenvalue weighted by atomic mass is 16.5. The minimum Gasteiger partial charge on any atom is -0.376 e. The number of rotatable bonds is 2. The Morgan fingerprint density at radius 3 is 2.36 bits per heavy atom. The van der Waals surface area contributed by atoms with Crippen molar-refractivity contribution in [2.75, 3.05) is 26.7 Å². The Labute approximate surface area is 68.2 Å². The number of nitrogens with zero attached hydrogens (tertiary/aromatic N) is 1. The van der Waals surface area contributed by atoms with Crippen molar-refractivity contribution in [2.45, 2.75) is 13.0 Å². The molecule has 0 unspecified atom stereocenters. The van der Waals surface area contributed by atoms with Crippen LogP contribution in [0.15, 0.2) is 11.6 Å². The smallest absolute Gasteiger partial charge is 0.0823 e. The molecule has 0 aromatic carbocycles. The second-order valence-electron chi connectivity index (χ2n) is 2.12. The summed E-state index contributed by atoms with van der Waals surface area (Å²) in [7, 11) is 1.63. The van der Waals surface area contributed by atoms with Gasteiger partial charge in [-0.05, 0) is 19.4 Å². The molecule has 11 heavy (non-hydrogen) atoms. The van der Waals surface area contributed by atoms with E-state index in [1.165, 1.54) is 0 Å². The Morgan fingerprint density at radius 1 is 1.73 bits per heavy atom. The van der Waals surface area contributed by atoms with Crippen molar-refractivity contribution in [3.8, 4) is 0 Å². The molecule has 64 valence electrons. The molecule has 1 aliphatic heterocycles. The van der Waals surface area contributed by atoms with Gasteiger partial charge in [0.25, 0.3) is 0 Å². The zero-order chi connectivity index (χ0) is 8.53. The maximum atomic E-state index is 5.22. The Morgan fingerprint density at radius 2 is 2.27 bits per heavy atom. The van der Waals surface area contributed by atoms with Gasteiger partial charge < -0.3 is 10.1 Å². The third-order valence-corrected chi connectivity index (χ3v) is 1.30. The van der Waals surface area contributed by atoms with E-state index in [0.717, 1.165) is 19.7 Å². The molecule has 0 atom stereocenters. The Kier molecular flexibility index (Phi) is 7.05. The van der Waals surface area contributed by atoms with Crippen LogP contribution in [0.5, 0.6) is 0 Å². The van der Waals surface area contributed by atoms with Crippen LogP contribution in [-0.4, -0.2) is 38.7 Å². The summed E-state index contributed by atoms with van der Waals surface area (Å²) >= 11 is 0. The maximum Gasteiger partial charge on any atom is 0.0823 e. The average Bonchev–Trinajstić information content (AvgIpc) is 1.97. The molecule has 1 N–H and O–H groups in total. The first kappa shape index (κ1) is 10.4. The fourth-order valence-electron chi connectivity index (χ4n) is 0.616. The number of aliphatic imine (C=N–C) groups is 1. The summed E-state index contributed by atoms with van der Waals surface area (Å²) in [5.41, 5.74) is 0. The fourth-order valence-corrected chi connectivity index (χ4v) is 0.616. The van der Waals surface area contributed by atoms with Crippen molar-refractivity contribution in [1.82, 2.24) is 5.32 Å². The van der Waals surface area contributed by atoms with Gasteiger partial charge in [-0.3, -0.25) is 0 Å². The molecule has 1 fully saturated rings. The Hall–Kier alpha value is -0.630. The van der Waals surface area contributed by atoms with Crippen LogP contribution in [-0.2, 0) is 4.74 Å². The zero-order valence-corrected chi connectivity index (χ0v) is 7.26. The Balaban J connectivity index is 0.000000218. The van der Waals surface area contributed by atoms with Crippen molar-refractivity contribution in [3.05, 3.63) is 6.58 Å². The highest BCUT2D eigenvalue weighted by Crippen LogP contribution is 1.95. The molecule has 0 bridgehead atoms. The van der Waals surface area contributed by atoms with Gasteiger partial charge in [-0.2, -0.15) is 0 Å². The molecule has 1 rings (SSSR count). The highest BCUT2D eigenvalue weighted by Gasteiger charge is 2.14. The molecular weight excluding hydrogens is 140 g/mol. The molecule has 1 saturated heterocycles. The summed E-state index contributed by atoms with van der Waals surface area (Å²) < 4.78 is 5.22. The van der Waals surface area contributed by atoms with E-state index >= 15 is 0 Å². The standard InChI is InChI=1S/C5H11NO.C3H5N/c1-2-7-5-3-6-4-5;1-3-4-2/h5-6H,2-4H2,1H3;1H2,2H3. The molecule has 1 heterocycles. The Bertz CT molecular complexity index is 126. The summed E-state index contributed by atoms with van der Waals surface area (Å²) in [4.78, 5) is 3.38. The third kappa shape index (κ3) is 5.80. The summed E-state index contributed by atoms with van der Waals surface area (Å²) in [6.45, 7) is 8.17. The van der Waals surface area contributed by atoms with Gasteiger partial charge >= 0.3 is 0 Å². The van der Waals surface area contributed by atoms with Crippen LogP contribution in [0.25, 0.3) is 0 Å². The van der Waals surface area contributed by atoms with E-state index in [2.05, 4.69) is 22.8 Å². The first-order valence-electron chi connectivity index (χ1n) is 3.78. The lowest BCUT2D eigenvalue weighted by atomic mass is 10.2. The van der Waals surface area contributed by atoms with Crippen molar-refractivity contribution < 1.29 is 4.74 Å². The molecule has 0 radical (unpaired) electrons. The molecule has 3 heteroatoms. The molecule has 0 aromatic heterocycles. The van der Waals surface area contributed by atoms with Crippen molar-refractivity contribution >= 4 is 5.87 Å². The average molecular weight is 156 g/mol. The minimum atomic E-state index is 0.519. The largest absolute Gasteiger partial charge is 0.376 e. The van der Waals surface area contributed by atoms with E-state index in [9.17, 15) is 0 Å². The van der Waals surface area contributed by atoms with Gasteiger partial charge in [0.15, 0.2) is 0 Å². The van der Waals surface area contributed by atoms with Gasteiger partial charge in [0.2, 0.25) is 0 Å². The number of nitrogens with one attached hydrogen (secondary N) is 1. The first-order chi connectivity index (χ1) is 5.35. The van der Waals surface area contributed by atoms with Gasteiger partial charge in [-0.15, -0.1) is 0 Å². The van der Waals surface area contributed by atoms with Gasteiger partial charge in [-0.25, -0.2) is 4.99 Å². The first-order valence-corrected chi connectivity index (χ1v) is 3.78. The predicted molar refractivity (Wildman–Crippen MR) is 47.3 cm³/mol. The molecular formula is C8H16N2O. The molecule has 0 saturated carbocycles. The van der Waals surface area contributed by atoms with Crippen LogP contribution in [0.3, 0.4) is 0 Å².